The maximum Gasteiger partial charge on any atom is 0.240 e. The Hall–Kier alpha value is -3.51. The van der Waals surface area contributed by atoms with E-state index >= 15 is 0 Å². The van der Waals surface area contributed by atoms with Gasteiger partial charge in [0.25, 0.3) is 0 Å². The summed E-state index contributed by atoms with van der Waals surface area (Å²) in [7, 11) is 0. The third kappa shape index (κ3) is 3.70. The van der Waals surface area contributed by atoms with Crippen molar-refractivity contribution in [2.75, 3.05) is 0 Å². The summed E-state index contributed by atoms with van der Waals surface area (Å²) in [5.74, 6) is -0.0748. The van der Waals surface area contributed by atoms with Crippen molar-refractivity contribution in [3.8, 4) is 16.9 Å². The van der Waals surface area contributed by atoms with Crippen LogP contribution in [0.25, 0.3) is 16.9 Å². The largest absolute Gasteiger partial charge is 0.273 e. The van der Waals surface area contributed by atoms with E-state index in [4.69, 9.17) is 5.10 Å². The molecule has 0 spiro atoms. The molecule has 154 valence electrons. The summed E-state index contributed by atoms with van der Waals surface area (Å²) in [5, 5.41) is 13.3. The van der Waals surface area contributed by atoms with Crippen LogP contribution >= 0.6 is 11.3 Å². The predicted molar refractivity (Wildman–Crippen MR) is 124 cm³/mol. The molecule has 1 unspecified atom stereocenters. The number of hydrogen-bond acceptors (Lipinski definition) is 4. The summed E-state index contributed by atoms with van der Waals surface area (Å²) >= 11 is 1.64. The highest BCUT2D eigenvalue weighted by molar-refractivity contribution is 7.12. The second kappa shape index (κ2) is 7.96. The van der Waals surface area contributed by atoms with Crippen molar-refractivity contribution in [2.24, 2.45) is 5.10 Å². The van der Waals surface area contributed by atoms with E-state index in [0.717, 1.165) is 33.2 Å². The van der Waals surface area contributed by atoms with Crippen molar-refractivity contribution in [2.45, 2.75) is 26.3 Å². The van der Waals surface area contributed by atoms with Gasteiger partial charge < -0.3 is 0 Å². The van der Waals surface area contributed by atoms with Gasteiger partial charge in [0.15, 0.2) is 0 Å². The first kappa shape index (κ1) is 19.5. The highest BCUT2D eigenvalue weighted by Gasteiger charge is 2.35. The number of amides is 1. The molecular weight excluding hydrogens is 404 g/mol. The molecule has 2 aromatic heterocycles. The van der Waals surface area contributed by atoms with Gasteiger partial charge in [0, 0.05) is 18.9 Å². The number of benzene rings is 2. The number of hydrazone groups is 1. The number of para-hydroxylation sites is 1. The number of nitrogens with zero attached hydrogens (tertiary/aromatic N) is 4. The van der Waals surface area contributed by atoms with Gasteiger partial charge in [-0.25, -0.2) is 9.69 Å². The fourth-order valence-electron chi connectivity index (χ4n) is 3.90. The van der Waals surface area contributed by atoms with Gasteiger partial charge in [0.1, 0.15) is 6.04 Å². The van der Waals surface area contributed by atoms with Gasteiger partial charge in [-0.2, -0.15) is 10.2 Å². The Morgan fingerprint density at radius 3 is 2.48 bits per heavy atom. The minimum absolute atomic E-state index is 0.0748. The molecule has 0 bridgehead atoms. The van der Waals surface area contributed by atoms with Crippen LogP contribution < -0.4 is 0 Å². The van der Waals surface area contributed by atoms with Crippen LogP contribution in [0, 0.1) is 6.92 Å². The fourth-order valence-corrected chi connectivity index (χ4v) is 4.62. The summed E-state index contributed by atoms with van der Waals surface area (Å²) in [6.07, 6.45) is 0.659. The third-order valence-electron chi connectivity index (χ3n) is 5.47. The maximum atomic E-state index is 12.5. The van der Waals surface area contributed by atoms with Crippen molar-refractivity contribution in [1.82, 2.24) is 14.8 Å². The second-order valence-corrected chi connectivity index (χ2v) is 8.62. The van der Waals surface area contributed by atoms with Crippen LogP contribution in [0.2, 0.25) is 0 Å². The van der Waals surface area contributed by atoms with Crippen molar-refractivity contribution in [1.29, 1.82) is 0 Å². The normalized spacial score (nSPS) is 15.9. The zero-order valence-corrected chi connectivity index (χ0v) is 18.2. The second-order valence-electron chi connectivity index (χ2n) is 7.68. The minimum atomic E-state index is -0.207. The molecule has 1 aliphatic heterocycles. The molecule has 3 heterocycles. The monoisotopic (exact) mass is 426 g/mol. The number of rotatable bonds is 4. The third-order valence-corrected chi connectivity index (χ3v) is 6.38. The zero-order chi connectivity index (χ0) is 21.4. The standard InChI is InChI=1S/C25H22N4OS/c1-17-10-12-19(13-11-17)21-15-24(29(26-21)20-7-4-3-5-8-20)23-16-22(25-9-6-14-31-25)27-28(23)18(2)30/h3-15,23H,16H2,1-2H3. The number of aryl methyl sites for hydroxylation is 1. The number of carbonyl (C=O) groups excluding carboxylic acids is 1. The van der Waals surface area contributed by atoms with Gasteiger partial charge in [-0.3, -0.25) is 4.79 Å². The van der Waals surface area contributed by atoms with E-state index in [1.165, 1.54) is 5.56 Å². The van der Waals surface area contributed by atoms with Crippen molar-refractivity contribution in [3.05, 3.63) is 94.3 Å². The fraction of sp³-hybridized carbons (Fsp3) is 0.160. The van der Waals surface area contributed by atoms with E-state index in [9.17, 15) is 4.79 Å². The molecule has 31 heavy (non-hydrogen) atoms. The number of aromatic nitrogens is 2. The SMILES string of the molecule is CC(=O)N1N=C(c2cccs2)CC1c1cc(-c2ccc(C)cc2)nn1-c1ccccc1. The molecule has 1 atom stereocenters. The van der Waals surface area contributed by atoms with E-state index < -0.39 is 0 Å². The molecule has 4 aromatic rings. The van der Waals surface area contributed by atoms with Crippen LogP contribution in [-0.2, 0) is 4.79 Å². The highest BCUT2D eigenvalue weighted by atomic mass is 32.1. The van der Waals surface area contributed by atoms with Crippen LogP contribution in [-0.4, -0.2) is 26.4 Å². The molecule has 1 aliphatic rings. The van der Waals surface area contributed by atoms with Gasteiger partial charge in [0.05, 0.1) is 27.7 Å². The van der Waals surface area contributed by atoms with Gasteiger partial charge in [-0.1, -0.05) is 54.1 Å². The van der Waals surface area contributed by atoms with E-state index in [1.807, 2.05) is 46.5 Å². The highest BCUT2D eigenvalue weighted by Crippen LogP contribution is 2.36. The molecule has 5 rings (SSSR count). The van der Waals surface area contributed by atoms with E-state index in [2.05, 4.69) is 48.4 Å². The van der Waals surface area contributed by atoms with Gasteiger partial charge in [-0.05, 0) is 36.6 Å². The molecule has 0 fully saturated rings. The Bertz CT molecular complexity index is 1240. The van der Waals surface area contributed by atoms with Gasteiger partial charge in [-0.15, -0.1) is 11.3 Å². The van der Waals surface area contributed by atoms with Crippen LogP contribution in [0.3, 0.4) is 0 Å². The summed E-state index contributed by atoms with van der Waals surface area (Å²) in [6.45, 7) is 3.64. The van der Waals surface area contributed by atoms with Crippen molar-refractivity contribution in [3.63, 3.8) is 0 Å². The molecule has 6 heteroatoms. The Morgan fingerprint density at radius 1 is 1.03 bits per heavy atom. The molecule has 0 aliphatic carbocycles. The van der Waals surface area contributed by atoms with Crippen LogP contribution in [0.1, 0.15) is 35.5 Å². The molecule has 5 nitrogen and oxygen atoms in total. The molecule has 0 saturated carbocycles. The smallest absolute Gasteiger partial charge is 0.240 e. The summed E-state index contributed by atoms with van der Waals surface area (Å²) in [5.41, 5.74) is 5.99. The average molecular weight is 427 g/mol. The van der Waals surface area contributed by atoms with E-state index in [-0.39, 0.29) is 11.9 Å². The average Bonchev–Trinajstić information content (AvgIpc) is 3.53. The molecule has 0 saturated heterocycles. The quantitative estimate of drug-likeness (QED) is 0.426. The molecular formula is C25H22N4OS. The summed E-state index contributed by atoms with van der Waals surface area (Å²) < 4.78 is 1.95. The topological polar surface area (TPSA) is 50.5 Å². The van der Waals surface area contributed by atoms with Crippen molar-refractivity contribution >= 4 is 23.0 Å². The lowest BCUT2D eigenvalue weighted by atomic mass is 10.0. The lowest BCUT2D eigenvalue weighted by Crippen LogP contribution is -2.26. The van der Waals surface area contributed by atoms with Gasteiger partial charge in [0.2, 0.25) is 5.91 Å². The predicted octanol–water partition coefficient (Wildman–Crippen LogP) is 5.61. The summed E-state index contributed by atoms with van der Waals surface area (Å²) in [6, 6.07) is 24.3. The van der Waals surface area contributed by atoms with Gasteiger partial charge >= 0.3 is 0 Å². The Morgan fingerprint density at radius 2 is 1.81 bits per heavy atom. The molecule has 2 aromatic carbocycles. The Balaban J connectivity index is 1.62. The Kier molecular flexibility index (Phi) is 5.00. The lowest BCUT2D eigenvalue weighted by molar-refractivity contribution is -0.130. The first-order chi connectivity index (χ1) is 15.1. The minimum Gasteiger partial charge on any atom is -0.273 e. The number of thiophene rings is 1. The first-order valence-corrected chi connectivity index (χ1v) is 11.1. The maximum absolute atomic E-state index is 12.5. The lowest BCUT2D eigenvalue weighted by Gasteiger charge is -2.21. The van der Waals surface area contributed by atoms with Crippen LogP contribution in [0.4, 0.5) is 0 Å². The Labute approximate surface area is 185 Å². The summed E-state index contributed by atoms with van der Waals surface area (Å²) in [4.78, 5) is 13.6. The van der Waals surface area contributed by atoms with Crippen LogP contribution in [0.5, 0.6) is 0 Å². The number of carbonyl (C=O) groups is 1. The van der Waals surface area contributed by atoms with Crippen molar-refractivity contribution < 1.29 is 4.79 Å². The van der Waals surface area contributed by atoms with Crippen LogP contribution in [0.15, 0.2) is 83.3 Å². The molecule has 0 radical (unpaired) electrons. The molecule has 0 N–H and O–H groups in total. The molecule has 1 amide bonds. The number of hydrogen-bond donors (Lipinski definition) is 0. The van der Waals surface area contributed by atoms with E-state index in [0.29, 0.717) is 6.42 Å². The first-order valence-electron chi connectivity index (χ1n) is 10.2. The zero-order valence-electron chi connectivity index (χ0n) is 17.4. The van der Waals surface area contributed by atoms with E-state index in [1.54, 1.807) is 23.3 Å².